The molecule has 0 bridgehead atoms. The Kier molecular flexibility index (Phi) is 6.77. The van der Waals surface area contributed by atoms with Crippen molar-refractivity contribution < 1.29 is 14.3 Å². The number of aryl methyl sites for hydroxylation is 2. The molecule has 0 aliphatic rings. The molecule has 2 rings (SSSR count). The zero-order valence-electron chi connectivity index (χ0n) is 14.0. The highest BCUT2D eigenvalue weighted by atomic mass is 79.9. The fourth-order valence-electron chi connectivity index (χ4n) is 1.98. The molecule has 0 heterocycles. The number of hydrazine groups is 1. The van der Waals surface area contributed by atoms with Crippen LogP contribution in [0.2, 0.25) is 0 Å². The summed E-state index contributed by atoms with van der Waals surface area (Å²) >= 11 is 3.36. The van der Waals surface area contributed by atoms with E-state index in [0.717, 1.165) is 21.2 Å². The number of hydrogen-bond acceptors (Lipinski definition) is 3. The summed E-state index contributed by atoms with van der Waals surface area (Å²) in [6, 6.07) is 13.2. The van der Waals surface area contributed by atoms with Crippen LogP contribution in [0.25, 0.3) is 6.08 Å². The molecule has 25 heavy (non-hydrogen) atoms. The Balaban J connectivity index is 1.75. The minimum Gasteiger partial charge on any atom is -0.483 e. The van der Waals surface area contributed by atoms with Crippen LogP contribution in [0, 0.1) is 13.8 Å². The largest absolute Gasteiger partial charge is 0.483 e. The summed E-state index contributed by atoms with van der Waals surface area (Å²) in [6.07, 6.45) is 3.02. The fraction of sp³-hybridized carbons (Fsp3) is 0.158. The lowest BCUT2D eigenvalue weighted by atomic mass is 10.1. The Morgan fingerprint density at radius 2 is 1.80 bits per heavy atom. The van der Waals surface area contributed by atoms with E-state index < -0.39 is 11.8 Å². The summed E-state index contributed by atoms with van der Waals surface area (Å²) < 4.78 is 6.36. The van der Waals surface area contributed by atoms with Crippen LogP contribution < -0.4 is 15.6 Å². The first kappa shape index (κ1) is 18.7. The number of amides is 2. The summed E-state index contributed by atoms with van der Waals surface area (Å²) in [5.41, 5.74) is 7.58. The molecule has 0 radical (unpaired) electrons. The maximum atomic E-state index is 11.7. The average molecular weight is 403 g/mol. The van der Waals surface area contributed by atoms with Crippen LogP contribution in [-0.2, 0) is 9.59 Å². The number of benzene rings is 2. The zero-order chi connectivity index (χ0) is 18.2. The van der Waals surface area contributed by atoms with Crippen LogP contribution in [0.4, 0.5) is 0 Å². The molecule has 0 atom stereocenters. The molecule has 2 N–H and O–H groups in total. The average Bonchev–Trinajstić information content (AvgIpc) is 2.58. The van der Waals surface area contributed by atoms with E-state index in [1.54, 1.807) is 12.1 Å². The molecule has 6 heteroatoms. The van der Waals surface area contributed by atoms with Crippen molar-refractivity contribution in [3.05, 3.63) is 69.7 Å². The van der Waals surface area contributed by atoms with Gasteiger partial charge in [-0.3, -0.25) is 20.4 Å². The van der Waals surface area contributed by atoms with Gasteiger partial charge in [-0.05, 0) is 49.2 Å². The predicted molar refractivity (Wildman–Crippen MR) is 101 cm³/mol. The van der Waals surface area contributed by atoms with Gasteiger partial charge in [-0.15, -0.1) is 0 Å². The molecule has 0 aromatic heterocycles. The number of carbonyl (C=O) groups is 2. The van der Waals surface area contributed by atoms with Gasteiger partial charge in [0, 0.05) is 10.5 Å². The maximum absolute atomic E-state index is 11.7. The number of nitrogens with one attached hydrogen (secondary N) is 2. The highest BCUT2D eigenvalue weighted by Gasteiger charge is 2.06. The second-order valence-electron chi connectivity index (χ2n) is 5.48. The third-order valence-corrected chi connectivity index (χ3v) is 3.82. The van der Waals surface area contributed by atoms with E-state index in [1.807, 2.05) is 50.2 Å². The first-order valence-electron chi connectivity index (χ1n) is 7.66. The summed E-state index contributed by atoms with van der Waals surface area (Å²) in [5.74, 6) is -0.253. The van der Waals surface area contributed by atoms with Crippen molar-refractivity contribution in [2.45, 2.75) is 13.8 Å². The summed E-state index contributed by atoms with van der Waals surface area (Å²) in [7, 11) is 0. The molecular weight excluding hydrogens is 384 g/mol. The second kappa shape index (κ2) is 9.03. The minimum absolute atomic E-state index is 0.190. The quantitative estimate of drug-likeness (QED) is 0.595. The molecule has 0 spiro atoms. The van der Waals surface area contributed by atoms with Gasteiger partial charge in [0.05, 0.1) is 0 Å². The molecule has 0 fully saturated rings. The van der Waals surface area contributed by atoms with Crippen LogP contribution in [0.1, 0.15) is 16.7 Å². The van der Waals surface area contributed by atoms with Gasteiger partial charge in [0.2, 0.25) is 0 Å². The van der Waals surface area contributed by atoms with Crippen molar-refractivity contribution in [1.82, 2.24) is 10.9 Å². The van der Waals surface area contributed by atoms with Crippen LogP contribution >= 0.6 is 15.9 Å². The van der Waals surface area contributed by atoms with Crippen LogP contribution in [0.3, 0.4) is 0 Å². The topological polar surface area (TPSA) is 67.4 Å². The predicted octanol–water partition coefficient (Wildman–Crippen LogP) is 3.31. The lowest BCUT2D eigenvalue weighted by Gasteiger charge is -2.10. The molecule has 0 aliphatic heterocycles. The molecule has 0 saturated heterocycles. The van der Waals surface area contributed by atoms with Gasteiger partial charge in [0.25, 0.3) is 11.8 Å². The van der Waals surface area contributed by atoms with Crippen molar-refractivity contribution in [2.24, 2.45) is 0 Å². The normalized spacial score (nSPS) is 10.5. The van der Waals surface area contributed by atoms with E-state index in [9.17, 15) is 9.59 Å². The Hall–Kier alpha value is -2.60. The first-order chi connectivity index (χ1) is 11.9. The van der Waals surface area contributed by atoms with Gasteiger partial charge in [-0.25, -0.2) is 0 Å². The van der Waals surface area contributed by atoms with E-state index in [-0.39, 0.29) is 6.61 Å². The van der Waals surface area contributed by atoms with Crippen molar-refractivity contribution in [2.75, 3.05) is 6.61 Å². The van der Waals surface area contributed by atoms with Crippen molar-refractivity contribution in [3.8, 4) is 5.75 Å². The van der Waals surface area contributed by atoms with Crippen molar-refractivity contribution in [1.29, 1.82) is 0 Å². The van der Waals surface area contributed by atoms with E-state index in [1.165, 1.54) is 6.08 Å². The lowest BCUT2D eigenvalue weighted by molar-refractivity contribution is -0.128. The molecule has 0 saturated carbocycles. The highest BCUT2D eigenvalue weighted by molar-refractivity contribution is 9.10. The number of carbonyl (C=O) groups excluding carboxylic acids is 2. The second-order valence-corrected chi connectivity index (χ2v) is 6.40. The van der Waals surface area contributed by atoms with Crippen molar-refractivity contribution >= 4 is 33.8 Å². The Morgan fingerprint density at radius 3 is 2.48 bits per heavy atom. The fourth-order valence-corrected chi connectivity index (χ4v) is 2.45. The first-order valence-corrected chi connectivity index (χ1v) is 8.46. The SMILES string of the molecule is Cc1ccc(C=CC(=O)NNC(=O)COc2ccc(Br)cc2C)cc1. The minimum atomic E-state index is -0.445. The molecule has 0 aliphatic carbocycles. The Bertz CT molecular complexity index is 786. The van der Waals surface area contributed by atoms with Gasteiger partial charge >= 0.3 is 0 Å². The van der Waals surface area contributed by atoms with Crippen LogP contribution in [0.15, 0.2) is 53.0 Å². The molecular formula is C19H19BrN2O3. The highest BCUT2D eigenvalue weighted by Crippen LogP contribution is 2.21. The standard InChI is InChI=1S/C19H19BrN2O3/c1-13-3-5-15(6-4-13)7-10-18(23)21-22-19(24)12-25-17-9-8-16(20)11-14(17)2/h3-11H,12H2,1-2H3,(H,21,23)(H,22,24). The third kappa shape index (κ3) is 6.43. The molecule has 2 aromatic rings. The molecule has 0 unspecified atom stereocenters. The molecule has 2 amide bonds. The van der Waals surface area contributed by atoms with Gasteiger partial charge in [0.15, 0.2) is 6.61 Å². The van der Waals surface area contributed by atoms with Crippen LogP contribution in [0.5, 0.6) is 5.75 Å². The van der Waals surface area contributed by atoms with E-state index >= 15 is 0 Å². The lowest BCUT2D eigenvalue weighted by Crippen LogP contribution is -2.43. The van der Waals surface area contributed by atoms with Gasteiger partial charge < -0.3 is 4.74 Å². The number of rotatable bonds is 5. The Morgan fingerprint density at radius 1 is 1.08 bits per heavy atom. The van der Waals surface area contributed by atoms with Gasteiger partial charge in [0.1, 0.15) is 5.75 Å². The third-order valence-electron chi connectivity index (χ3n) is 3.33. The van der Waals surface area contributed by atoms with E-state index in [0.29, 0.717) is 5.75 Å². The van der Waals surface area contributed by atoms with Crippen LogP contribution in [-0.4, -0.2) is 18.4 Å². The zero-order valence-corrected chi connectivity index (χ0v) is 15.6. The summed E-state index contributed by atoms with van der Waals surface area (Å²) in [4.78, 5) is 23.4. The summed E-state index contributed by atoms with van der Waals surface area (Å²) in [6.45, 7) is 3.69. The summed E-state index contributed by atoms with van der Waals surface area (Å²) in [5, 5.41) is 0. The number of halogens is 1. The molecule has 130 valence electrons. The Labute approximate surface area is 155 Å². The monoisotopic (exact) mass is 402 g/mol. The van der Waals surface area contributed by atoms with Gasteiger partial charge in [-0.2, -0.15) is 0 Å². The van der Waals surface area contributed by atoms with Crippen molar-refractivity contribution in [3.63, 3.8) is 0 Å². The smallest absolute Gasteiger partial charge is 0.276 e. The number of ether oxygens (including phenoxy) is 1. The molecule has 5 nitrogen and oxygen atoms in total. The van der Waals surface area contributed by atoms with Gasteiger partial charge in [-0.1, -0.05) is 45.8 Å². The van der Waals surface area contributed by atoms with E-state index in [4.69, 9.17) is 4.74 Å². The maximum Gasteiger partial charge on any atom is 0.276 e. The number of hydrogen-bond donors (Lipinski definition) is 2. The molecule has 2 aromatic carbocycles. The van der Waals surface area contributed by atoms with E-state index in [2.05, 4.69) is 26.8 Å².